The van der Waals surface area contributed by atoms with Gasteiger partial charge >= 0.3 is 0 Å². The molecule has 0 saturated carbocycles. The van der Waals surface area contributed by atoms with E-state index in [1.165, 1.54) is 18.2 Å². The number of hydrogen-bond donors (Lipinski definition) is 1. The Bertz CT molecular complexity index is 953. The summed E-state index contributed by atoms with van der Waals surface area (Å²) in [6.45, 7) is -0.243. The third kappa shape index (κ3) is 3.87. The lowest BCUT2D eigenvalue weighted by Crippen LogP contribution is -2.20. The van der Waals surface area contributed by atoms with Crippen LogP contribution in [0.15, 0.2) is 60.7 Å². The quantitative estimate of drug-likeness (QED) is 0.542. The van der Waals surface area contributed by atoms with Gasteiger partial charge in [0.25, 0.3) is 11.6 Å². The van der Waals surface area contributed by atoms with E-state index in [1.54, 1.807) is 6.07 Å². The van der Waals surface area contributed by atoms with E-state index < -0.39 is 10.8 Å². The second-order valence-corrected chi connectivity index (χ2v) is 5.64. The molecule has 0 fully saturated rings. The van der Waals surface area contributed by atoms with Crippen LogP contribution in [0, 0.1) is 10.1 Å². The van der Waals surface area contributed by atoms with Gasteiger partial charge in [0, 0.05) is 17.5 Å². The van der Waals surface area contributed by atoms with Crippen molar-refractivity contribution in [3.8, 4) is 5.75 Å². The van der Waals surface area contributed by atoms with Gasteiger partial charge in [-0.3, -0.25) is 14.9 Å². The number of ether oxygens (including phenoxy) is 1. The molecule has 0 heterocycles. The monoisotopic (exact) mass is 356 g/mol. The number of benzene rings is 3. The fourth-order valence-corrected chi connectivity index (χ4v) is 2.54. The minimum atomic E-state index is -0.557. The van der Waals surface area contributed by atoms with Crippen molar-refractivity contribution in [2.75, 3.05) is 11.9 Å². The summed E-state index contributed by atoms with van der Waals surface area (Å²) in [6.07, 6.45) is 0. The maximum Gasteiger partial charge on any atom is 0.271 e. The molecule has 25 heavy (non-hydrogen) atoms. The van der Waals surface area contributed by atoms with Crippen molar-refractivity contribution in [3.63, 3.8) is 0 Å². The molecule has 0 aliphatic rings. The Morgan fingerprint density at radius 1 is 1.12 bits per heavy atom. The van der Waals surface area contributed by atoms with E-state index in [2.05, 4.69) is 5.32 Å². The van der Waals surface area contributed by atoms with Gasteiger partial charge in [-0.15, -0.1) is 0 Å². The number of amides is 1. The summed E-state index contributed by atoms with van der Waals surface area (Å²) in [7, 11) is 0. The molecule has 1 N–H and O–H groups in total. The number of hydrogen-bond acceptors (Lipinski definition) is 4. The van der Waals surface area contributed by atoms with Crippen molar-refractivity contribution in [2.24, 2.45) is 0 Å². The molecule has 0 aromatic heterocycles. The SMILES string of the molecule is O=C(COc1cccc2ccccc12)Nc1cc([N+](=O)[O-])ccc1Cl. The van der Waals surface area contributed by atoms with E-state index >= 15 is 0 Å². The Morgan fingerprint density at radius 3 is 2.68 bits per heavy atom. The zero-order chi connectivity index (χ0) is 17.8. The second kappa shape index (κ2) is 7.19. The predicted octanol–water partition coefficient (Wildman–Crippen LogP) is 4.42. The molecule has 126 valence electrons. The van der Waals surface area contributed by atoms with Crippen LogP contribution in [0.5, 0.6) is 5.75 Å². The Hall–Kier alpha value is -3.12. The van der Waals surface area contributed by atoms with E-state index in [9.17, 15) is 14.9 Å². The zero-order valence-electron chi connectivity index (χ0n) is 12.9. The van der Waals surface area contributed by atoms with Gasteiger partial charge in [-0.25, -0.2) is 0 Å². The van der Waals surface area contributed by atoms with Gasteiger partial charge in [0.05, 0.1) is 15.6 Å². The average Bonchev–Trinajstić information content (AvgIpc) is 2.61. The number of rotatable bonds is 5. The highest BCUT2D eigenvalue weighted by molar-refractivity contribution is 6.33. The number of nitro benzene ring substituents is 1. The Labute approximate surface area is 148 Å². The van der Waals surface area contributed by atoms with E-state index in [-0.39, 0.29) is 23.0 Å². The van der Waals surface area contributed by atoms with Crippen LogP contribution in [0.1, 0.15) is 0 Å². The summed E-state index contributed by atoms with van der Waals surface area (Å²) in [5.41, 5.74) is 0.0112. The normalized spacial score (nSPS) is 10.4. The molecule has 0 spiro atoms. The lowest BCUT2D eigenvalue weighted by Gasteiger charge is -2.10. The molecule has 0 atom stereocenters. The number of non-ortho nitro benzene ring substituents is 1. The van der Waals surface area contributed by atoms with Crippen LogP contribution in [-0.4, -0.2) is 17.4 Å². The minimum absolute atomic E-state index is 0.158. The van der Waals surface area contributed by atoms with Crippen LogP contribution in [0.25, 0.3) is 10.8 Å². The van der Waals surface area contributed by atoms with E-state index in [0.29, 0.717) is 5.75 Å². The van der Waals surface area contributed by atoms with Gasteiger partial charge in [-0.2, -0.15) is 0 Å². The molecule has 1 amide bonds. The van der Waals surface area contributed by atoms with Crippen LogP contribution < -0.4 is 10.1 Å². The van der Waals surface area contributed by atoms with Crippen molar-refractivity contribution in [3.05, 3.63) is 75.8 Å². The van der Waals surface area contributed by atoms with Gasteiger partial charge in [-0.1, -0.05) is 48.0 Å². The van der Waals surface area contributed by atoms with Crippen molar-refractivity contribution in [1.82, 2.24) is 0 Å². The molecule has 3 aromatic carbocycles. The third-order valence-corrected chi connectivity index (χ3v) is 3.87. The van der Waals surface area contributed by atoms with E-state index in [4.69, 9.17) is 16.3 Å². The van der Waals surface area contributed by atoms with E-state index in [0.717, 1.165) is 10.8 Å². The Morgan fingerprint density at radius 2 is 1.88 bits per heavy atom. The molecular formula is C18H13ClN2O4. The second-order valence-electron chi connectivity index (χ2n) is 5.24. The summed E-state index contributed by atoms with van der Waals surface area (Å²) in [5.74, 6) is 0.119. The maximum absolute atomic E-state index is 12.1. The highest BCUT2D eigenvalue weighted by Crippen LogP contribution is 2.27. The van der Waals surface area contributed by atoms with Crippen LogP contribution in [-0.2, 0) is 4.79 Å². The van der Waals surface area contributed by atoms with Crippen LogP contribution in [0.4, 0.5) is 11.4 Å². The van der Waals surface area contributed by atoms with Gasteiger partial charge in [0.1, 0.15) is 5.75 Å². The van der Waals surface area contributed by atoms with Crippen molar-refractivity contribution in [1.29, 1.82) is 0 Å². The zero-order valence-corrected chi connectivity index (χ0v) is 13.7. The lowest BCUT2D eigenvalue weighted by molar-refractivity contribution is -0.384. The lowest BCUT2D eigenvalue weighted by atomic mass is 10.1. The highest BCUT2D eigenvalue weighted by Gasteiger charge is 2.13. The Balaban J connectivity index is 1.71. The molecule has 0 aliphatic carbocycles. The number of carbonyl (C=O) groups excluding carboxylic acids is 1. The van der Waals surface area contributed by atoms with Gasteiger partial charge in [-0.05, 0) is 17.5 Å². The molecule has 3 rings (SSSR count). The molecule has 0 radical (unpaired) electrons. The molecule has 7 heteroatoms. The molecule has 3 aromatic rings. The molecule has 0 unspecified atom stereocenters. The van der Waals surface area contributed by atoms with Crippen molar-refractivity contribution < 1.29 is 14.5 Å². The first-order valence-electron chi connectivity index (χ1n) is 7.39. The number of halogens is 1. The fraction of sp³-hybridized carbons (Fsp3) is 0.0556. The summed E-state index contributed by atoms with van der Waals surface area (Å²) < 4.78 is 5.58. The topological polar surface area (TPSA) is 81.5 Å². The summed E-state index contributed by atoms with van der Waals surface area (Å²) >= 11 is 5.96. The first-order valence-corrected chi connectivity index (χ1v) is 7.77. The van der Waals surface area contributed by atoms with Crippen molar-refractivity contribution in [2.45, 2.75) is 0 Å². The Kier molecular flexibility index (Phi) is 4.81. The standard InChI is InChI=1S/C18H13ClN2O4/c19-15-9-8-13(21(23)24)10-16(15)20-18(22)11-25-17-7-3-5-12-4-1-2-6-14(12)17/h1-10H,11H2,(H,20,22). The van der Waals surface area contributed by atoms with Crippen LogP contribution in [0.2, 0.25) is 5.02 Å². The molecule has 0 bridgehead atoms. The van der Waals surface area contributed by atoms with Gasteiger partial charge in [0.15, 0.2) is 6.61 Å². The number of carbonyl (C=O) groups is 1. The predicted molar refractivity (Wildman–Crippen MR) is 96.2 cm³/mol. The number of nitrogens with one attached hydrogen (secondary N) is 1. The molecule has 0 aliphatic heterocycles. The first-order chi connectivity index (χ1) is 12.0. The van der Waals surface area contributed by atoms with Gasteiger partial charge in [0.2, 0.25) is 0 Å². The fourth-order valence-electron chi connectivity index (χ4n) is 2.37. The largest absolute Gasteiger partial charge is 0.483 e. The summed E-state index contributed by atoms with van der Waals surface area (Å²) in [5, 5.41) is 15.4. The molecule has 6 nitrogen and oxygen atoms in total. The number of anilines is 1. The molecular weight excluding hydrogens is 344 g/mol. The highest BCUT2D eigenvalue weighted by atomic mass is 35.5. The molecule has 0 saturated heterocycles. The number of fused-ring (bicyclic) bond motifs is 1. The number of nitrogens with zero attached hydrogens (tertiary/aromatic N) is 1. The van der Waals surface area contributed by atoms with E-state index in [1.807, 2.05) is 36.4 Å². The summed E-state index contributed by atoms with van der Waals surface area (Å²) in [4.78, 5) is 22.3. The van der Waals surface area contributed by atoms with Crippen molar-refractivity contribution >= 4 is 39.7 Å². The average molecular weight is 357 g/mol. The van der Waals surface area contributed by atoms with Crippen LogP contribution in [0.3, 0.4) is 0 Å². The first kappa shape index (κ1) is 16.7. The minimum Gasteiger partial charge on any atom is -0.483 e. The maximum atomic E-state index is 12.1. The smallest absolute Gasteiger partial charge is 0.271 e. The summed E-state index contributed by atoms with van der Waals surface area (Å²) in [6, 6.07) is 17.1. The van der Waals surface area contributed by atoms with Gasteiger partial charge < -0.3 is 10.1 Å². The number of nitro groups is 1. The third-order valence-electron chi connectivity index (χ3n) is 3.54. The van der Waals surface area contributed by atoms with Crippen LogP contribution >= 0.6 is 11.6 Å².